The van der Waals surface area contributed by atoms with E-state index in [0.29, 0.717) is 11.4 Å². The second-order valence-electron chi connectivity index (χ2n) is 7.46. The predicted octanol–water partition coefficient (Wildman–Crippen LogP) is 5.25. The number of hydrogen-bond acceptors (Lipinski definition) is 4. The minimum absolute atomic E-state index is 0.145. The van der Waals surface area contributed by atoms with E-state index in [1.165, 1.54) is 24.8 Å². The van der Waals surface area contributed by atoms with E-state index in [1.807, 2.05) is 24.3 Å². The molecule has 0 saturated carbocycles. The summed E-state index contributed by atoms with van der Waals surface area (Å²) >= 11 is 0. The first-order valence-electron chi connectivity index (χ1n) is 10.1. The summed E-state index contributed by atoms with van der Waals surface area (Å²) in [6, 6.07) is 15.3. The zero-order valence-electron chi connectivity index (χ0n) is 17.1. The zero-order valence-corrected chi connectivity index (χ0v) is 17.1. The van der Waals surface area contributed by atoms with Gasteiger partial charge in [-0.2, -0.15) is 0 Å². The molecule has 1 aromatic heterocycles. The van der Waals surface area contributed by atoms with E-state index in [1.54, 1.807) is 24.1 Å². The van der Waals surface area contributed by atoms with Crippen molar-refractivity contribution in [3.05, 3.63) is 54.1 Å². The zero-order chi connectivity index (χ0) is 20.8. The molecule has 5 nitrogen and oxygen atoms in total. The molecule has 0 spiro atoms. The third kappa shape index (κ3) is 5.05. The maximum atomic E-state index is 11.1. The number of pyridine rings is 1. The van der Waals surface area contributed by atoms with E-state index in [0.717, 1.165) is 29.3 Å². The normalized spacial score (nSPS) is 11.0. The molecule has 3 rings (SSSR count). The molecule has 0 saturated heterocycles. The van der Waals surface area contributed by atoms with Crippen LogP contribution >= 0.6 is 0 Å². The Bertz CT molecular complexity index is 1000. The number of fused-ring (bicyclic) bond motifs is 1. The van der Waals surface area contributed by atoms with Gasteiger partial charge in [0.2, 0.25) is 0 Å². The molecule has 0 fully saturated rings. The summed E-state index contributed by atoms with van der Waals surface area (Å²) < 4.78 is 0. The first kappa shape index (κ1) is 20.6. The van der Waals surface area contributed by atoms with Crippen LogP contribution in [0.1, 0.15) is 38.2 Å². The summed E-state index contributed by atoms with van der Waals surface area (Å²) in [5.41, 5.74) is 3.61. The number of phenolic OH excluding ortho intramolecular Hbond substituents is 1. The number of aromatic nitrogens is 1. The van der Waals surface area contributed by atoms with Gasteiger partial charge in [-0.1, -0.05) is 50.5 Å². The van der Waals surface area contributed by atoms with Gasteiger partial charge in [0.15, 0.2) is 0 Å². The van der Waals surface area contributed by atoms with Gasteiger partial charge in [0.1, 0.15) is 18.1 Å². The number of rotatable bonds is 9. The summed E-state index contributed by atoms with van der Waals surface area (Å²) in [6.07, 6.45) is 5.84. The van der Waals surface area contributed by atoms with Crippen LogP contribution in [-0.2, 0) is 11.2 Å². The highest BCUT2D eigenvalue weighted by molar-refractivity contribution is 5.98. The maximum absolute atomic E-state index is 11.1. The molecular formula is C24H28N2O3. The lowest BCUT2D eigenvalue weighted by atomic mass is 9.97. The van der Waals surface area contributed by atoms with Gasteiger partial charge in [-0.15, -0.1) is 0 Å². The minimum atomic E-state index is -0.916. The average molecular weight is 392 g/mol. The number of unbranched alkanes of at least 4 members (excludes halogenated alkanes) is 3. The Balaban J connectivity index is 2.08. The number of benzene rings is 2. The third-order valence-corrected chi connectivity index (χ3v) is 5.14. The number of aryl methyl sites for hydroxylation is 1. The maximum Gasteiger partial charge on any atom is 0.323 e. The van der Waals surface area contributed by atoms with Crippen LogP contribution in [-0.4, -0.2) is 34.8 Å². The molecule has 5 heteroatoms. The molecular weight excluding hydrogens is 364 g/mol. The number of carboxylic acids is 1. The highest BCUT2D eigenvalue weighted by Crippen LogP contribution is 2.36. The van der Waals surface area contributed by atoms with Gasteiger partial charge in [-0.05, 0) is 48.2 Å². The average Bonchev–Trinajstić information content (AvgIpc) is 2.70. The Kier molecular flexibility index (Phi) is 6.70. The third-order valence-electron chi connectivity index (χ3n) is 5.14. The van der Waals surface area contributed by atoms with Gasteiger partial charge in [-0.3, -0.25) is 4.79 Å². The van der Waals surface area contributed by atoms with Crippen LogP contribution in [0, 0.1) is 0 Å². The molecule has 1 heterocycles. The largest absolute Gasteiger partial charge is 0.507 e. The Hall–Kier alpha value is -3.08. The Labute approximate surface area is 171 Å². The molecule has 2 aromatic carbocycles. The lowest BCUT2D eigenvalue weighted by Gasteiger charge is -2.19. The van der Waals surface area contributed by atoms with Crippen molar-refractivity contribution in [2.75, 3.05) is 18.5 Å². The fourth-order valence-electron chi connectivity index (χ4n) is 3.57. The molecule has 152 valence electrons. The number of para-hydroxylation sites is 1. The number of hydrogen-bond donors (Lipinski definition) is 2. The van der Waals surface area contributed by atoms with Crippen molar-refractivity contribution >= 4 is 22.7 Å². The first-order chi connectivity index (χ1) is 14.0. The second-order valence-corrected chi connectivity index (χ2v) is 7.46. The van der Waals surface area contributed by atoms with Gasteiger partial charge in [0.25, 0.3) is 0 Å². The fraction of sp³-hybridized carbons (Fsp3) is 0.333. The summed E-state index contributed by atoms with van der Waals surface area (Å²) in [5.74, 6) is -0.157. The van der Waals surface area contributed by atoms with Crippen LogP contribution in [0.25, 0.3) is 22.0 Å². The molecule has 0 bridgehead atoms. The first-order valence-corrected chi connectivity index (χ1v) is 10.1. The quantitative estimate of drug-likeness (QED) is 0.487. The lowest BCUT2D eigenvalue weighted by Crippen LogP contribution is -2.26. The summed E-state index contributed by atoms with van der Waals surface area (Å²) in [7, 11) is 1.71. The molecule has 2 N–H and O–H groups in total. The number of aliphatic carboxylic acids is 1. The molecule has 0 unspecified atom stereocenters. The second kappa shape index (κ2) is 9.41. The van der Waals surface area contributed by atoms with E-state index < -0.39 is 5.97 Å². The highest BCUT2D eigenvalue weighted by atomic mass is 16.4. The molecule has 0 aliphatic carbocycles. The van der Waals surface area contributed by atoms with Crippen molar-refractivity contribution in [3.8, 4) is 16.9 Å². The van der Waals surface area contributed by atoms with Crippen LogP contribution in [0.5, 0.6) is 5.75 Å². The van der Waals surface area contributed by atoms with Crippen LogP contribution < -0.4 is 4.90 Å². The standard InChI is InChI=1S/C24H28N2O3/c1-3-4-5-6-9-17-12-13-21-20(14-17)19(18-10-7-8-11-22(18)27)15-23(25-21)26(2)16-24(28)29/h7-8,10-15,27H,3-6,9,16H2,1-2H3,(H,28,29). The molecule has 0 aliphatic rings. The van der Waals surface area contributed by atoms with Crippen molar-refractivity contribution in [1.82, 2.24) is 4.98 Å². The number of carboxylic acid groups (broad SMARTS) is 1. The topological polar surface area (TPSA) is 73.7 Å². The molecule has 0 atom stereocenters. The van der Waals surface area contributed by atoms with E-state index in [9.17, 15) is 9.90 Å². The Morgan fingerprint density at radius 1 is 1.03 bits per heavy atom. The van der Waals surface area contributed by atoms with Crippen LogP contribution in [0.2, 0.25) is 0 Å². The van der Waals surface area contributed by atoms with E-state index >= 15 is 0 Å². The molecule has 3 aromatic rings. The van der Waals surface area contributed by atoms with E-state index in [2.05, 4.69) is 24.0 Å². The van der Waals surface area contributed by atoms with Gasteiger partial charge in [-0.25, -0.2) is 4.98 Å². The molecule has 0 amide bonds. The Morgan fingerprint density at radius 2 is 1.83 bits per heavy atom. The summed E-state index contributed by atoms with van der Waals surface area (Å²) in [4.78, 5) is 17.4. The van der Waals surface area contributed by atoms with Gasteiger partial charge >= 0.3 is 5.97 Å². The molecule has 0 aliphatic heterocycles. The van der Waals surface area contributed by atoms with Gasteiger partial charge in [0.05, 0.1) is 5.52 Å². The summed E-state index contributed by atoms with van der Waals surface area (Å²) in [6.45, 7) is 2.06. The number of likely N-dealkylation sites (N-methyl/N-ethyl adjacent to an activating group) is 1. The lowest BCUT2D eigenvalue weighted by molar-refractivity contribution is -0.135. The number of anilines is 1. The smallest absolute Gasteiger partial charge is 0.323 e. The monoisotopic (exact) mass is 392 g/mol. The van der Waals surface area contributed by atoms with Crippen LogP contribution in [0.4, 0.5) is 5.82 Å². The summed E-state index contributed by atoms with van der Waals surface area (Å²) in [5, 5.41) is 20.5. The van der Waals surface area contributed by atoms with Crippen molar-refractivity contribution in [2.24, 2.45) is 0 Å². The van der Waals surface area contributed by atoms with E-state index in [-0.39, 0.29) is 12.3 Å². The number of carbonyl (C=O) groups is 1. The predicted molar refractivity (Wildman–Crippen MR) is 118 cm³/mol. The van der Waals surface area contributed by atoms with E-state index in [4.69, 9.17) is 5.11 Å². The minimum Gasteiger partial charge on any atom is -0.507 e. The Morgan fingerprint density at radius 3 is 2.55 bits per heavy atom. The number of phenols is 1. The fourth-order valence-corrected chi connectivity index (χ4v) is 3.57. The SMILES string of the molecule is CCCCCCc1ccc2nc(N(C)CC(=O)O)cc(-c3ccccc3O)c2c1. The number of aromatic hydroxyl groups is 1. The molecule has 0 radical (unpaired) electrons. The van der Waals surface area contributed by atoms with Crippen molar-refractivity contribution in [3.63, 3.8) is 0 Å². The van der Waals surface area contributed by atoms with Crippen molar-refractivity contribution < 1.29 is 15.0 Å². The van der Waals surface area contributed by atoms with Crippen LogP contribution in [0.3, 0.4) is 0 Å². The molecule has 29 heavy (non-hydrogen) atoms. The van der Waals surface area contributed by atoms with Crippen LogP contribution in [0.15, 0.2) is 48.5 Å². The van der Waals surface area contributed by atoms with Crippen molar-refractivity contribution in [1.29, 1.82) is 0 Å². The number of nitrogens with zero attached hydrogens (tertiary/aromatic N) is 2. The van der Waals surface area contributed by atoms with Crippen molar-refractivity contribution in [2.45, 2.75) is 39.0 Å². The van der Waals surface area contributed by atoms with Gasteiger partial charge < -0.3 is 15.1 Å². The van der Waals surface area contributed by atoms with Gasteiger partial charge in [0, 0.05) is 18.0 Å². The highest BCUT2D eigenvalue weighted by Gasteiger charge is 2.15.